The van der Waals surface area contributed by atoms with Gasteiger partial charge in [0, 0.05) is 35.1 Å². The lowest BCUT2D eigenvalue weighted by Crippen LogP contribution is -2.50. The molecule has 0 bridgehead atoms. The number of rotatable bonds is 5. The number of nitrogens with one attached hydrogen (secondary N) is 1. The topological polar surface area (TPSA) is 88.2 Å². The summed E-state index contributed by atoms with van der Waals surface area (Å²) in [6, 6.07) is 4.51. The summed E-state index contributed by atoms with van der Waals surface area (Å²) in [4.78, 5) is 16.5. The first-order valence-corrected chi connectivity index (χ1v) is 11.0. The molecule has 1 aliphatic rings. The summed E-state index contributed by atoms with van der Waals surface area (Å²) < 4.78 is 15.3. The number of hydrogen-bond acceptors (Lipinski definition) is 4. The maximum atomic E-state index is 15.3. The largest absolute Gasteiger partial charge is 0.480 e. The first kappa shape index (κ1) is 24.2. The summed E-state index contributed by atoms with van der Waals surface area (Å²) in [5.41, 5.74) is 5.82. The predicted octanol–water partition coefficient (Wildman–Crippen LogP) is 5.02. The van der Waals surface area contributed by atoms with Gasteiger partial charge in [-0.2, -0.15) is 0 Å². The molecule has 0 saturated carbocycles. The van der Waals surface area contributed by atoms with E-state index in [1.807, 2.05) is 20.8 Å². The van der Waals surface area contributed by atoms with Gasteiger partial charge in [-0.3, -0.25) is 4.79 Å². The van der Waals surface area contributed by atoms with Crippen LogP contribution in [0, 0.1) is 11.2 Å². The number of aromatic nitrogens is 1. The second-order valence-corrected chi connectivity index (χ2v) is 10.4. The summed E-state index contributed by atoms with van der Waals surface area (Å²) in [7, 11) is 0. The Bertz CT molecular complexity index is 998. The molecule has 1 aliphatic heterocycles. The Morgan fingerprint density at radius 1 is 1.29 bits per heavy atom. The highest BCUT2D eigenvalue weighted by atomic mass is 35.5. The first-order valence-electron chi connectivity index (χ1n) is 9.86. The van der Waals surface area contributed by atoms with Crippen molar-refractivity contribution < 1.29 is 14.3 Å². The van der Waals surface area contributed by atoms with Crippen LogP contribution in [0.2, 0.25) is 15.2 Å². The fourth-order valence-corrected chi connectivity index (χ4v) is 5.47. The van der Waals surface area contributed by atoms with Gasteiger partial charge in [-0.1, -0.05) is 67.7 Å². The molecule has 0 unspecified atom stereocenters. The number of aliphatic carboxylic acids is 1. The molecule has 4 N–H and O–H groups in total. The summed E-state index contributed by atoms with van der Waals surface area (Å²) in [6.45, 7) is 6.13. The molecule has 9 heteroatoms. The Balaban J connectivity index is 2.36. The van der Waals surface area contributed by atoms with Gasteiger partial charge in [-0.25, -0.2) is 9.37 Å². The molecule has 1 saturated heterocycles. The van der Waals surface area contributed by atoms with Gasteiger partial charge in [-0.05, 0) is 35.1 Å². The molecule has 2 aromatic rings. The van der Waals surface area contributed by atoms with Crippen molar-refractivity contribution in [2.45, 2.75) is 50.6 Å². The van der Waals surface area contributed by atoms with Crippen molar-refractivity contribution in [3.63, 3.8) is 0 Å². The van der Waals surface area contributed by atoms with Gasteiger partial charge < -0.3 is 16.2 Å². The Labute approximate surface area is 196 Å². The lowest BCUT2D eigenvalue weighted by atomic mass is 9.62. The number of nitrogens with two attached hydrogens (primary N) is 1. The zero-order valence-electron chi connectivity index (χ0n) is 17.4. The van der Waals surface area contributed by atoms with Crippen LogP contribution >= 0.6 is 34.8 Å². The molecule has 3 rings (SSSR count). The summed E-state index contributed by atoms with van der Waals surface area (Å²) in [5, 5.41) is 13.7. The minimum absolute atomic E-state index is 0.00415. The third-order valence-electron chi connectivity index (χ3n) is 5.95. The van der Waals surface area contributed by atoms with Crippen LogP contribution < -0.4 is 11.1 Å². The molecule has 1 fully saturated rings. The van der Waals surface area contributed by atoms with Crippen LogP contribution in [0.3, 0.4) is 0 Å². The Morgan fingerprint density at radius 2 is 1.97 bits per heavy atom. The monoisotopic (exact) mass is 487 g/mol. The van der Waals surface area contributed by atoms with Gasteiger partial charge in [-0.15, -0.1) is 0 Å². The molecule has 31 heavy (non-hydrogen) atoms. The van der Waals surface area contributed by atoms with E-state index in [1.165, 1.54) is 18.3 Å². The highest BCUT2D eigenvalue weighted by Gasteiger charge is 2.59. The van der Waals surface area contributed by atoms with Gasteiger partial charge in [0.2, 0.25) is 0 Å². The quantitative estimate of drug-likeness (QED) is 0.514. The van der Waals surface area contributed by atoms with E-state index in [0.29, 0.717) is 17.0 Å². The highest BCUT2D eigenvalue weighted by molar-refractivity contribution is 6.34. The molecule has 1 aromatic carbocycles. The van der Waals surface area contributed by atoms with Crippen molar-refractivity contribution >= 4 is 40.8 Å². The average Bonchev–Trinajstić information content (AvgIpc) is 2.97. The molecule has 2 heterocycles. The SMILES string of the molecule is CC(C)(C)C[C@H]1N[C@H](C(=O)O)[C@H](c2cccc(Cl)c2F)[C@@]1(CN)c1cnc(Cl)cc1Cl. The third-order valence-corrected chi connectivity index (χ3v) is 6.76. The van der Waals surface area contributed by atoms with Gasteiger partial charge in [0.05, 0.1) is 5.02 Å². The molecule has 0 radical (unpaired) electrons. The summed E-state index contributed by atoms with van der Waals surface area (Å²) in [5.74, 6) is -2.67. The molecule has 4 atom stereocenters. The van der Waals surface area contributed by atoms with E-state index in [9.17, 15) is 9.90 Å². The number of hydrogen-bond donors (Lipinski definition) is 3. The van der Waals surface area contributed by atoms with Crippen molar-refractivity contribution in [1.29, 1.82) is 0 Å². The predicted molar refractivity (Wildman–Crippen MR) is 122 cm³/mol. The molecule has 1 aromatic heterocycles. The zero-order chi connectivity index (χ0) is 23.1. The smallest absolute Gasteiger partial charge is 0.321 e. The normalized spacial score (nSPS) is 26.3. The molecular formula is C22H25Cl3FN3O2. The van der Waals surface area contributed by atoms with E-state index in [-0.39, 0.29) is 27.7 Å². The fourth-order valence-electron chi connectivity index (χ4n) is 4.75. The third kappa shape index (κ3) is 4.41. The number of carboxylic acid groups (broad SMARTS) is 1. The Morgan fingerprint density at radius 3 is 2.52 bits per heavy atom. The van der Waals surface area contributed by atoms with Crippen LogP contribution in [0.5, 0.6) is 0 Å². The van der Waals surface area contributed by atoms with Crippen LogP contribution in [0.25, 0.3) is 0 Å². The standard InChI is InChI=1S/C22H25Cl3FN3O2/c1-21(2,3)8-15-22(10-27,12-9-28-16(25)7-14(12)24)17(19(29-15)20(30)31)11-5-4-6-13(23)18(11)26/h4-7,9,15,17,19,29H,8,10,27H2,1-3H3,(H,30,31)/t15-,17+,19+,22+/m1/s1. The molecule has 5 nitrogen and oxygen atoms in total. The lowest BCUT2D eigenvalue weighted by Gasteiger charge is -2.42. The number of carboxylic acids is 1. The Hall–Kier alpha value is -1.44. The van der Waals surface area contributed by atoms with E-state index in [1.54, 1.807) is 12.1 Å². The van der Waals surface area contributed by atoms with Gasteiger partial charge in [0.25, 0.3) is 0 Å². The molecule has 0 spiro atoms. The van der Waals surface area contributed by atoms with Crippen LogP contribution in [0.4, 0.5) is 4.39 Å². The second-order valence-electron chi connectivity index (χ2n) is 9.15. The van der Waals surface area contributed by atoms with Gasteiger partial charge >= 0.3 is 5.97 Å². The number of halogens is 4. The molecule has 168 valence electrons. The maximum absolute atomic E-state index is 15.3. The van der Waals surface area contributed by atoms with Crippen molar-refractivity contribution in [3.05, 3.63) is 62.6 Å². The number of pyridine rings is 1. The summed E-state index contributed by atoms with van der Waals surface area (Å²) >= 11 is 18.7. The second kappa shape index (κ2) is 8.83. The minimum atomic E-state index is -1.12. The zero-order valence-corrected chi connectivity index (χ0v) is 19.7. The van der Waals surface area contributed by atoms with Crippen molar-refractivity contribution in [2.24, 2.45) is 11.1 Å². The van der Waals surface area contributed by atoms with E-state index >= 15 is 4.39 Å². The maximum Gasteiger partial charge on any atom is 0.321 e. The van der Waals surface area contributed by atoms with E-state index in [0.717, 1.165) is 0 Å². The van der Waals surface area contributed by atoms with Crippen LogP contribution in [-0.2, 0) is 10.2 Å². The van der Waals surface area contributed by atoms with Crippen LogP contribution in [0.1, 0.15) is 44.2 Å². The van der Waals surface area contributed by atoms with Gasteiger partial charge in [0.15, 0.2) is 0 Å². The minimum Gasteiger partial charge on any atom is -0.480 e. The molecule has 0 aliphatic carbocycles. The Kier molecular flexibility index (Phi) is 6.90. The number of benzene rings is 1. The van der Waals surface area contributed by atoms with Crippen molar-refractivity contribution in [1.82, 2.24) is 10.3 Å². The van der Waals surface area contributed by atoms with E-state index in [2.05, 4.69) is 10.3 Å². The fraction of sp³-hybridized carbons (Fsp3) is 0.455. The molecular weight excluding hydrogens is 464 g/mol. The van der Waals surface area contributed by atoms with E-state index < -0.39 is 35.2 Å². The lowest BCUT2D eigenvalue weighted by molar-refractivity contribution is -0.139. The number of nitrogens with zero attached hydrogens (tertiary/aromatic N) is 1. The summed E-state index contributed by atoms with van der Waals surface area (Å²) in [6.07, 6.45) is 2.07. The van der Waals surface area contributed by atoms with Crippen molar-refractivity contribution in [3.8, 4) is 0 Å². The molecule has 0 amide bonds. The van der Waals surface area contributed by atoms with Gasteiger partial charge in [0.1, 0.15) is 17.0 Å². The average molecular weight is 489 g/mol. The first-order chi connectivity index (χ1) is 14.4. The highest BCUT2D eigenvalue weighted by Crippen LogP contribution is 2.53. The van der Waals surface area contributed by atoms with E-state index in [4.69, 9.17) is 40.5 Å². The van der Waals surface area contributed by atoms with Crippen molar-refractivity contribution in [2.75, 3.05) is 6.54 Å². The van der Waals surface area contributed by atoms with Crippen LogP contribution in [0.15, 0.2) is 30.5 Å². The number of carbonyl (C=O) groups is 1. The van der Waals surface area contributed by atoms with Crippen LogP contribution in [-0.4, -0.2) is 34.7 Å².